The highest BCUT2D eigenvalue weighted by atomic mass is 16.5. The van der Waals surface area contributed by atoms with Crippen molar-refractivity contribution < 1.29 is 23.8 Å². The van der Waals surface area contributed by atoms with Crippen LogP contribution in [0.5, 0.6) is 5.75 Å². The van der Waals surface area contributed by atoms with Crippen LogP contribution in [-0.4, -0.2) is 81.6 Å². The Kier molecular flexibility index (Phi) is 8.61. The van der Waals surface area contributed by atoms with E-state index in [4.69, 9.17) is 9.15 Å². The van der Waals surface area contributed by atoms with E-state index in [1.54, 1.807) is 29.4 Å². The van der Waals surface area contributed by atoms with Crippen LogP contribution in [0, 0.1) is 6.92 Å². The molecule has 212 valence electrons. The van der Waals surface area contributed by atoms with E-state index >= 15 is 0 Å². The molecule has 4 heterocycles. The molecule has 2 aliphatic rings. The first kappa shape index (κ1) is 27.6. The van der Waals surface area contributed by atoms with E-state index in [0.29, 0.717) is 49.8 Å². The SMILES string of the molecule is CCC(=O)N1CC(Nc2cc(C(=O)NC[C@H](O)CN3CCc4c(ccc(OCc5cnco5)c4C)C3)ccn2)C1. The van der Waals surface area contributed by atoms with Crippen LogP contribution >= 0.6 is 0 Å². The van der Waals surface area contributed by atoms with Gasteiger partial charge in [-0.05, 0) is 48.2 Å². The number of carbonyl (C=O) groups is 2. The third-order valence-electron chi connectivity index (χ3n) is 7.45. The van der Waals surface area contributed by atoms with Gasteiger partial charge >= 0.3 is 0 Å². The molecule has 0 radical (unpaired) electrons. The number of rotatable bonds is 11. The van der Waals surface area contributed by atoms with Crippen molar-refractivity contribution in [1.29, 1.82) is 0 Å². The Morgan fingerprint density at radius 2 is 2.12 bits per heavy atom. The Morgan fingerprint density at radius 3 is 2.90 bits per heavy atom. The highest BCUT2D eigenvalue weighted by Gasteiger charge is 2.29. The second kappa shape index (κ2) is 12.5. The lowest BCUT2D eigenvalue weighted by Gasteiger charge is -2.39. The molecule has 0 bridgehead atoms. The number of oxazole rings is 1. The number of nitrogens with zero attached hydrogens (tertiary/aromatic N) is 4. The normalized spacial score (nSPS) is 16.1. The smallest absolute Gasteiger partial charge is 0.251 e. The Labute approximate surface area is 233 Å². The molecule has 11 nitrogen and oxygen atoms in total. The van der Waals surface area contributed by atoms with Crippen LogP contribution in [0.2, 0.25) is 0 Å². The molecule has 1 aromatic carbocycles. The predicted octanol–water partition coefficient (Wildman–Crippen LogP) is 2.14. The van der Waals surface area contributed by atoms with Gasteiger partial charge in [0.2, 0.25) is 5.91 Å². The summed E-state index contributed by atoms with van der Waals surface area (Å²) in [7, 11) is 0. The number of anilines is 1. The fraction of sp³-hybridized carbons (Fsp3) is 0.448. The maximum absolute atomic E-state index is 12.7. The van der Waals surface area contributed by atoms with Gasteiger partial charge < -0.3 is 29.8 Å². The summed E-state index contributed by atoms with van der Waals surface area (Å²) in [6.45, 7) is 7.68. The number of ether oxygens (including phenoxy) is 1. The molecule has 5 rings (SSSR count). The van der Waals surface area contributed by atoms with Crippen molar-refractivity contribution in [2.45, 2.75) is 52.0 Å². The van der Waals surface area contributed by atoms with Gasteiger partial charge in [-0.25, -0.2) is 9.97 Å². The maximum atomic E-state index is 12.7. The van der Waals surface area contributed by atoms with Crippen LogP contribution in [0.15, 0.2) is 47.5 Å². The van der Waals surface area contributed by atoms with E-state index in [9.17, 15) is 14.7 Å². The second-order valence-electron chi connectivity index (χ2n) is 10.4. The Hall–Kier alpha value is -3.96. The van der Waals surface area contributed by atoms with Gasteiger partial charge in [-0.1, -0.05) is 13.0 Å². The molecule has 0 unspecified atom stereocenters. The molecule has 3 aromatic rings. The molecule has 2 amide bonds. The fourth-order valence-electron chi connectivity index (χ4n) is 5.18. The van der Waals surface area contributed by atoms with E-state index in [1.165, 1.54) is 17.5 Å². The van der Waals surface area contributed by atoms with Crippen LogP contribution < -0.4 is 15.4 Å². The zero-order valence-corrected chi connectivity index (χ0v) is 22.9. The summed E-state index contributed by atoms with van der Waals surface area (Å²) < 4.78 is 11.2. The summed E-state index contributed by atoms with van der Waals surface area (Å²) >= 11 is 0. The Balaban J connectivity index is 1.07. The highest BCUT2D eigenvalue weighted by molar-refractivity contribution is 5.94. The lowest BCUT2D eigenvalue weighted by atomic mass is 9.94. The molecular formula is C29H36N6O5. The molecule has 1 fully saturated rings. The summed E-state index contributed by atoms with van der Waals surface area (Å²) in [6.07, 6.45) is 5.28. The number of hydrogen-bond acceptors (Lipinski definition) is 9. The lowest BCUT2D eigenvalue weighted by molar-refractivity contribution is -0.134. The van der Waals surface area contributed by atoms with Crippen LogP contribution in [0.1, 0.15) is 46.2 Å². The molecule has 2 aliphatic heterocycles. The maximum Gasteiger partial charge on any atom is 0.251 e. The van der Waals surface area contributed by atoms with Gasteiger partial charge in [-0.15, -0.1) is 0 Å². The van der Waals surface area contributed by atoms with Gasteiger partial charge in [0.15, 0.2) is 12.2 Å². The van der Waals surface area contributed by atoms with Crippen molar-refractivity contribution in [3.05, 3.63) is 71.1 Å². The number of benzene rings is 1. The molecule has 0 spiro atoms. The molecule has 3 N–H and O–H groups in total. The van der Waals surface area contributed by atoms with Gasteiger partial charge in [0.25, 0.3) is 5.91 Å². The van der Waals surface area contributed by atoms with Crippen LogP contribution in [0.25, 0.3) is 0 Å². The fourth-order valence-corrected chi connectivity index (χ4v) is 5.18. The molecule has 40 heavy (non-hydrogen) atoms. The van der Waals surface area contributed by atoms with Gasteiger partial charge in [-0.2, -0.15) is 0 Å². The number of nitrogens with one attached hydrogen (secondary N) is 2. The largest absolute Gasteiger partial charge is 0.485 e. The molecule has 11 heteroatoms. The van der Waals surface area contributed by atoms with Gasteiger partial charge in [-0.3, -0.25) is 14.5 Å². The quantitative estimate of drug-likeness (QED) is 0.330. The van der Waals surface area contributed by atoms with E-state index < -0.39 is 6.10 Å². The number of carbonyl (C=O) groups excluding carboxylic acids is 2. The highest BCUT2D eigenvalue weighted by Crippen LogP contribution is 2.30. The number of aliphatic hydroxyl groups excluding tert-OH is 1. The Bertz CT molecular complexity index is 1320. The summed E-state index contributed by atoms with van der Waals surface area (Å²) in [5.74, 6) is 1.98. The topological polar surface area (TPSA) is 133 Å². The third kappa shape index (κ3) is 6.60. The Morgan fingerprint density at radius 1 is 1.27 bits per heavy atom. The van der Waals surface area contributed by atoms with E-state index in [0.717, 1.165) is 30.8 Å². The molecule has 2 aromatic heterocycles. The number of fused-ring (bicyclic) bond motifs is 1. The number of pyridine rings is 1. The second-order valence-corrected chi connectivity index (χ2v) is 10.4. The molecule has 1 saturated heterocycles. The predicted molar refractivity (Wildman–Crippen MR) is 148 cm³/mol. The number of β-amino-alcohol motifs (C(OH)–C–C–N with tert-alkyl or cyclic N) is 1. The summed E-state index contributed by atoms with van der Waals surface area (Å²) in [5.41, 5.74) is 4.09. The average Bonchev–Trinajstić information content (AvgIpc) is 3.46. The molecule has 1 atom stereocenters. The molecule has 0 saturated carbocycles. The summed E-state index contributed by atoms with van der Waals surface area (Å²) in [6, 6.07) is 7.53. The number of amides is 2. The summed E-state index contributed by atoms with van der Waals surface area (Å²) in [4.78, 5) is 36.7. The molecule has 0 aliphatic carbocycles. The van der Waals surface area contributed by atoms with Crippen LogP contribution in [-0.2, 0) is 24.4 Å². The minimum atomic E-state index is -0.701. The lowest BCUT2D eigenvalue weighted by Crippen LogP contribution is -2.56. The van der Waals surface area contributed by atoms with Crippen molar-refractivity contribution >= 4 is 17.6 Å². The van der Waals surface area contributed by atoms with E-state index in [-0.39, 0.29) is 24.4 Å². The van der Waals surface area contributed by atoms with Crippen molar-refractivity contribution in [3.63, 3.8) is 0 Å². The van der Waals surface area contributed by atoms with Crippen molar-refractivity contribution in [1.82, 2.24) is 25.1 Å². The van der Waals surface area contributed by atoms with E-state index in [2.05, 4.69) is 38.5 Å². The standard InChI is InChI=1S/C29H36N6O5/c1-3-28(37)35-14-22(15-35)33-27-10-20(6-8-31-27)29(38)32-11-23(36)16-34-9-7-25-19(2)26(5-4-21(25)13-34)39-17-24-12-30-18-40-24/h4-6,8,10,12,18,22-23,36H,3,7,9,11,13-17H2,1-2H3,(H,31,33)(H,32,38)/t23-/m0/s1. The zero-order chi connectivity index (χ0) is 28.1. The first-order valence-corrected chi connectivity index (χ1v) is 13.7. The van der Waals surface area contributed by atoms with Gasteiger partial charge in [0.05, 0.1) is 18.3 Å². The number of hydrogen-bond donors (Lipinski definition) is 3. The van der Waals surface area contributed by atoms with Crippen LogP contribution in [0.3, 0.4) is 0 Å². The summed E-state index contributed by atoms with van der Waals surface area (Å²) in [5, 5.41) is 16.8. The van der Waals surface area contributed by atoms with Crippen molar-refractivity contribution in [3.8, 4) is 5.75 Å². The third-order valence-corrected chi connectivity index (χ3v) is 7.45. The van der Waals surface area contributed by atoms with E-state index in [1.807, 2.05) is 13.0 Å². The molecular weight excluding hydrogens is 512 g/mol. The van der Waals surface area contributed by atoms with Crippen molar-refractivity contribution in [2.24, 2.45) is 0 Å². The number of aliphatic hydroxyl groups is 1. The minimum absolute atomic E-state index is 0.125. The first-order chi connectivity index (χ1) is 19.4. The first-order valence-electron chi connectivity index (χ1n) is 13.7. The van der Waals surface area contributed by atoms with Gasteiger partial charge in [0.1, 0.15) is 18.2 Å². The van der Waals surface area contributed by atoms with Crippen molar-refractivity contribution in [2.75, 3.05) is 38.0 Å². The number of aromatic nitrogens is 2. The average molecular weight is 549 g/mol. The van der Waals surface area contributed by atoms with Gasteiger partial charge in [0, 0.05) is 57.4 Å². The minimum Gasteiger partial charge on any atom is -0.485 e. The van der Waals surface area contributed by atoms with Crippen LogP contribution in [0.4, 0.5) is 5.82 Å². The number of likely N-dealkylation sites (tertiary alicyclic amines) is 1. The zero-order valence-electron chi connectivity index (χ0n) is 22.9. The monoisotopic (exact) mass is 548 g/mol.